The molecule has 0 saturated heterocycles. The van der Waals surface area contributed by atoms with Crippen molar-refractivity contribution in [2.45, 2.75) is 25.8 Å². The molecule has 0 aliphatic heterocycles. The first-order chi connectivity index (χ1) is 8.42. The van der Waals surface area contributed by atoms with Crippen LogP contribution in [-0.2, 0) is 15.1 Å². The molecule has 1 rings (SSSR count). The Kier molecular flexibility index (Phi) is 4.78. The fraction of sp³-hybridized carbons (Fsp3) is 0.462. The molecule has 0 aromatic heterocycles. The predicted octanol–water partition coefficient (Wildman–Crippen LogP) is 2.35. The maximum Gasteiger partial charge on any atom is 0.307 e. The molecule has 0 aliphatic rings. The van der Waals surface area contributed by atoms with Gasteiger partial charge in [0.05, 0.1) is 18.6 Å². The van der Waals surface area contributed by atoms with Gasteiger partial charge in [0.15, 0.2) is 0 Å². The Bertz CT molecular complexity index is 437. The first kappa shape index (κ1) is 14.6. The Hall–Kier alpha value is -1.49. The molecule has 5 heteroatoms. The van der Waals surface area contributed by atoms with Crippen molar-refractivity contribution in [1.82, 2.24) is 5.32 Å². The lowest BCUT2D eigenvalue weighted by molar-refractivity contribution is -0.144. The van der Waals surface area contributed by atoms with Gasteiger partial charge in [0, 0.05) is 11.6 Å². The number of hydrogen-bond acceptors (Lipinski definition) is 3. The third kappa shape index (κ3) is 3.26. The fourth-order valence-corrected chi connectivity index (χ4v) is 1.76. The van der Waals surface area contributed by atoms with Crippen LogP contribution in [0.15, 0.2) is 18.2 Å². The average molecular weight is 257 g/mol. The number of benzene rings is 1. The van der Waals surface area contributed by atoms with E-state index < -0.39 is 23.1 Å². The van der Waals surface area contributed by atoms with E-state index in [1.807, 2.05) is 0 Å². The van der Waals surface area contributed by atoms with E-state index in [0.717, 1.165) is 6.07 Å². The molecule has 0 heterocycles. The Labute approximate surface area is 105 Å². The van der Waals surface area contributed by atoms with Crippen molar-refractivity contribution in [3.05, 3.63) is 35.4 Å². The van der Waals surface area contributed by atoms with Crippen LogP contribution in [0.25, 0.3) is 0 Å². The van der Waals surface area contributed by atoms with Crippen molar-refractivity contribution in [2.24, 2.45) is 0 Å². The largest absolute Gasteiger partial charge is 0.466 e. The van der Waals surface area contributed by atoms with Gasteiger partial charge < -0.3 is 10.1 Å². The maximum atomic E-state index is 13.7. The van der Waals surface area contributed by atoms with Gasteiger partial charge in [0.2, 0.25) is 0 Å². The number of ether oxygens (including phenoxy) is 1. The SMILES string of the molecule is CCOC(=O)CC(C)(NC)c1ccc(F)cc1F. The van der Waals surface area contributed by atoms with Crippen LogP contribution in [-0.4, -0.2) is 19.6 Å². The lowest BCUT2D eigenvalue weighted by Crippen LogP contribution is -2.40. The van der Waals surface area contributed by atoms with Gasteiger partial charge in [-0.25, -0.2) is 8.78 Å². The first-order valence-corrected chi connectivity index (χ1v) is 5.73. The highest BCUT2D eigenvalue weighted by Gasteiger charge is 2.31. The summed E-state index contributed by atoms with van der Waals surface area (Å²) in [4.78, 5) is 11.5. The molecule has 1 atom stereocenters. The van der Waals surface area contributed by atoms with E-state index in [1.54, 1.807) is 20.9 Å². The van der Waals surface area contributed by atoms with Crippen molar-refractivity contribution in [3.63, 3.8) is 0 Å². The van der Waals surface area contributed by atoms with Gasteiger partial charge in [0.1, 0.15) is 11.6 Å². The van der Waals surface area contributed by atoms with E-state index in [-0.39, 0.29) is 18.6 Å². The molecular weight excluding hydrogens is 240 g/mol. The van der Waals surface area contributed by atoms with Crippen LogP contribution in [0.4, 0.5) is 8.78 Å². The molecule has 1 aromatic carbocycles. The number of carbonyl (C=O) groups is 1. The molecule has 0 aliphatic carbocycles. The summed E-state index contributed by atoms with van der Waals surface area (Å²) >= 11 is 0. The van der Waals surface area contributed by atoms with Gasteiger partial charge in [-0.1, -0.05) is 6.07 Å². The van der Waals surface area contributed by atoms with Gasteiger partial charge in [-0.2, -0.15) is 0 Å². The smallest absolute Gasteiger partial charge is 0.307 e. The molecule has 0 saturated carbocycles. The number of nitrogens with one attached hydrogen (secondary N) is 1. The lowest BCUT2D eigenvalue weighted by Gasteiger charge is -2.29. The Balaban J connectivity index is 3.02. The molecule has 0 radical (unpaired) electrons. The molecular formula is C13H17F2NO2. The quantitative estimate of drug-likeness (QED) is 0.823. The van der Waals surface area contributed by atoms with E-state index >= 15 is 0 Å². The molecule has 0 amide bonds. The van der Waals surface area contributed by atoms with E-state index in [0.29, 0.717) is 0 Å². The Morgan fingerprint density at radius 3 is 2.61 bits per heavy atom. The molecule has 100 valence electrons. The summed E-state index contributed by atoms with van der Waals surface area (Å²) in [5.41, 5.74) is -0.691. The van der Waals surface area contributed by atoms with Crippen molar-refractivity contribution in [1.29, 1.82) is 0 Å². The van der Waals surface area contributed by atoms with Gasteiger partial charge >= 0.3 is 5.97 Å². The third-order valence-electron chi connectivity index (χ3n) is 2.88. The standard InChI is InChI=1S/C13H17F2NO2/c1-4-18-12(17)8-13(2,16-3)10-6-5-9(14)7-11(10)15/h5-7,16H,4,8H2,1-3H3. The lowest BCUT2D eigenvalue weighted by atomic mass is 9.88. The fourth-order valence-electron chi connectivity index (χ4n) is 1.76. The molecule has 1 aromatic rings. The summed E-state index contributed by atoms with van der Waals surface area (Å²) in [7, 11) is 1.61. The zero-order chi connectivity index (χ0) is 13.8. The summed E-state index contributed by atoms with van der Waals surface area (Å²) in [6.45, 7) is 3.64. The van der Waals surface area contributed by atoms with Crippen LogP contribution < -0.4 is 5.32 Å². The van der Waals surface area contributed by atoms with Crippen molar-refractivity contribution >= 4 is 5.97 Å². The summed E-state index contributed by atoms with van der Waals surface area (Å²) < 4.78 is 31.5. The Morgan fingerprint density at radius 1 is 1.44 bits per heavy atom. The van der Waals surface area contributed by atoms with Crippen LogP contribution in [0.2, 0.25) is 0 Å². The van der Waals surface area contributed by atoms with Gasteiger partial charge in [-0.15, -0.1) is 0 Å². The number of esters is 1. The maximum absolute atomic E-state index is 13.7. The number of rotatable bonds is 5. The van der Waals surface area contributed by atoms with Crippen LogP contribution in [0, 0.1) is 11.6 Å². The molecule has 1 N–H and O–H groups in total. The van der Waals surface area contributed by atoms with Crippen molar-refractivity contribution < 1.29 is 18.3 Å². The van der Waals surface area contributed by atoms with Crippen molar-refractivity contribution in [2.75, 3.05) is 13.7 Å². The summed E-state index contributed by atoms with van der Waals surface area (Å²) in [5, 5.41) is 2.88. The molecule has 1 unspecified atom stereocenters. The zero-order valence-corrected chi connectivity index (χ0v) is 10.7. The summed E-state index contributed by atoms with van der Waals surface area (Å²) in [6.07, 6.45) is -0.0279. The minimum absolute atomic E-state index is 0.0279. The van der Waals surface area contributed by atoms with Gasteiger partial charge in [0.25, 0.3) is 0 Å². The number of halogens is 2. The third-order valence-corrected chi connectivity index (χ3v) is 2.88. The highest BCUT2D eigenvalue weighted by molar-refractivity contribution is 5.71. The topological polar surface area (TPSA) is 38.3 Å². The Morgan fingerprint density at radius 2 is 2.11 bits per heavy atom. The van der Waals surface area contributed by atoms with Crippen LogP contribution in [0.5, 0.6) is 0 Å². The summed E-state index contributed by atoms with van der Waals surface area (Å²) in [6, 6.07) is 3.30. The van der Waals surface area contributed by atoms with E-state index in [2.05, 4.69) is 5.32 Å². The predicted molar refractivity (Wildman–Crippen MR) is 64.0 cm³/mol. The van der Waals surface area contributed by atoms with E-state index in [4.69, 9.17) is 4.74 Å². The molecule has 0 fully saturated rings. The minimum Gasteiger partial charge on any atom is -0.466 e. The van der Waals surface area contributed by atoms with Gasteiger partial charge in [-0.3, -0.25) is 4.79 Å². The zero-order valence-electron chi connectivity index (χ0n) is 10.7. The monoisotopic (exact) mass is 257 g/mol. The highest BCUT2D eigenvalue weighted by Crippen LogP contribution is 2.27. The second kappa shape index (κ2) is 5.91. The average Bonchev–Trinajstić information content (AvgIpc) is 2.28. The molecule has 3 nitrogen and oxygen atoms in total. The molecule has 0 spiro atoms. The molecule has 18 heavy (non-hydrogen) atoms. The van der Waals surface area contributed by atoms with E-state index in [1.165, 1.54) is 12.1 Å². The highest BCUT2D eigenvalue weighted by atomic mass is 19.1. The second-order valence-corrected chi connectivity index (χ2v) is 4.19. The van der Waals surface area contributed by atoms with Crippen molar-refractivity contribution in [3.8, 4) is 0 Å². The van der Waals surface area contributed by atoms with Crippen LogP contribution in [0.3, 0.4) is 0 Å². The first-order valence-electron chi connectivity index (χ1n) is 5.73. The number of hydrogen-bond donors (Lipinski definition) is 1. The van der Waals surface area contributed by atoms with Crippen LogP contribution >= 0.6 is 0 Å². The van der Waals surface area contributed by atoms with Crippen LogP contribution in [0.1, 0.15) is 25.8 Å². The van der Waals surface area contributed by atoms with E-state index in [9.17, 15) is 13.6 Å². The number of carbonyl (C=O) groups excluding carboxylic acids is 1. The minimum atomic E-state index is -0.927. The van der Waals surface area contributed by atoms with Gasteiger partial charge in [-0.05, 0) is 27.0 Å². The molecule has 0 bridgehead atoms. The summed E-state index contributed by atoms with van der Waals surface area (Å²) in [5.74, 6) is -1.76. The normalized spacial score (nSPS) is 14.1. The second-order valence-electron chi connectivity index (χ2n) is 4.19.